The van der Waals surface area contributed by atoms with Gasteiger partial charge in [-0.25, -0.2) is 15.0 Å². The normalized spacial score (nSPS) is 11.6. The van der Waals surface area contributed by atoms with E-state index in [1.54, 1.807) is 0 Å². The molecule has 0 fully saturated rings. The zero-order valence-electron chi connectivity index (χ0n) is 52.8. The fraction of sp³-hybridized carbons (Fsp3) is 0.0440. The Hall–Kier alpha value is -11.9. The Morgan fingerprint density at radius 2 is 0.426 bits per heavy atom. The van der Waals surface area contributed by atoms with Crippen molar-refractivity contribution in [2.24, 2.45) is 0 Å². The van der Waals surface area contributed by atoms with Crippen molar-refractivity contribution in [3.05, 3.63) is 332 Å². The Labute approximate surface area is 548 Å². The van der Waals surface area contributed by atoms with Crippen LogP contribution >= 0.6 is 0 Å². The van der Waals surface area contributed by atoms with Gasteiger partial charge in [0.15, 0.2) is 17.5 Å². The van der Waals surface area contributed by atoms with Gasteiger partial charge in [-0.3, -0.25) is 0 Å². The van der Waals surface area contributed by atoms with Crippen LogP contribution in [0.15, 0.2) is 309 Å². The van der Waals surface area contributed by atoms with Crippen molar-refractivity contribution < 1.29 is 0 Å². The van der Waals surface area contributed by atoms with Gasteiger partial charge in [0, 0.05) is 16.7 Å². The largest absolute Gasteiger partial charge is 0.208 e. The van der Waals surface area contributed by atoms with Crippen LogP contribution in [0.25, 0.3) is 177 Å². The highest BCUT2D eigenvalue weighted by atomic mass is 15.0. The Balaban J connectivity index is 1.09. The highest BCUT2D eigenvalue weighted by Crippen LogP contribution is 2.60. The van der Waals surface area contributed by atoms with Gasteiger partial charge < -0.3 is 0 Å². The number of aryl methyl sites for hydroxylation is 4. The maximum absolute atomic E-state index is 5.46. The summed E-state index contributed by atoms with van der Waals surface area (Å²) in [6.45, 7) is 8.54. The molecule has 0 bridgehead atoms. The molecule has 0 saturated heterocycles. The third-order valence-corrected chi connectivity index (χ3v) is 19.2. The van der Waals surface area contributed by atoms with Crippen LogP contribution in [-0.4, -0.2) is 15.0 Å². The molecule has 0 aliphatic heterocycles. The SMILES string of the molecule is Cc1ccc(C)c(-c2nc(-c3cccc(-c4c(-c5ccccc5)c(-c5ccccc5)c5c6cccc7c8c(-c9ccccc9)c(-c9ccccc9)c(-c9ccccc9)c(-c9ccccc9)c8c8cccc(c5c4-c4ccccc4)c8c76)c3)nc(-c3cc(C)ccc3C)n2)c1. The third-order valence-electron chi connectivity index (χ3n) is 19.2. The Morgan fingerprint density at radius 1 is 0.181 bits per heavy atom. The maximum atomic E-state index is 5.46. The molecule has 0 atom stereocenters. The smallest absolute Gasteiger partial charge is 0.164 e. The van der Waals surface area contributed by atoms with E-state index in [2.05, 4.69) is 337 Å². The van der Waals surface area contributed by atoms with Crippen molar-refractivity contribution >= 4 is 53.9 Å². The van der Waals surface area contributed by atoms with Gasteiger partial charge in [0.05, 0.1) is 0 Å². The minimum absolute atomic E-state index is 0.610. The van der Waals surface area contributed by atoms with Gasteiger partial charge in [-0.05, 0) is 200 Å². The lowest BCUT2D eigenvalue weighted by Crippen LogP contribution is -2.03. The predicted octanol–water partition coefficient (Wildman–Crippen LogP) is 24.6. The van der Waals surface area contributed by atoms with Crippen molar-refractivity contribution in [2.75, 3.05) is 0 Å². The molecule has 0 aliphatic rings. The molecule has 3 nitrogen and oxygen atoms in total. The molecule has 17 aromatic rings. The molecule has 1 aromatic heterocycles. The maximum Gasteiger partial charge on any atom is 0.164 e. The number of nitrogens with zero attached hydrogens (tertiary/aromatic N) is 3. The van der Waals surface area contributed by atoms with E-state index in [1.807, 2.05) is 0 Å². The number of hydrogen-bond acceptors (Lipinski definition) is 3. The first-order valence-corrected chi connectivity index (χ1v) is 32.5. The lowest BCUT2D eigenvalue weighted by atomic mass is 9.73. The topological polar surface area (TPSA) is 38.7 Å². The van der Waals surface area contributed by atoms with Crippen molar-refractivity contribution in [3.8, 4) is 123 Å². The standard InChI is InChI=1S/C91H63N3/c1-56-49-51-58(3)73(53-56)90-92-89(93-91(94-90)74-54-57(2)50-52-59(74)4)68-44-26-43-67(55-68)82-77(62-33-16-7-17-34-62)80(65-39-22-10-23-40-65)87-71-47-27-45-69-83(71)84-70(46-28-48-72(84)88(87)81(82)66-41-24-11-25-42-66)86-79(64-37-20-9-21-38-64)76(61-31-14-6-15-32-61)75(60-29-12-5-13-30-60)78(85(69)86)63-35-18-8-19-36-63/h5-55H,1-4H3. The minimum Gasteiger partial charge on any atom is -0.208 e. The zero-order chi connectivity index (χ0) is 63.0. The van der Waals surface area contributed by atoms with E-state index in [0.717, 1.165) is 100 Å². The summed E-state index contributed by atoms with van der Waals surface area (Å²) < 4.78 is 0. The average Bonchev–Trinajstić information content (AvgIpc) is 0.683. The zero-order valence-corrected chi connectivity index (χ0v) is 52.8. The molecule has 0 amide bonds. The molecule has 0 aliphatic carbocycles. The molecule has 94 heavy (non-hydrogen) atoms. The fourth-order valence-corrected chi connectivity index (χ4v) is 15.1. The average molecular weight is 1200 g/mol. The molecule has 0 radical (unpaired) electrons. The van der Waals surface area contributed by atoms with Gasteiger partial charge >= 0.3 is 0 Å². The Bertz CT molecular complexity index is 5700. The molecule has 17 rings (SSSR count). The molecule has 0 saturated carbocycles. The van der Waals surface area contributed by atoms with Gasteiger partial charge in [0.1, 0.15) is 0 Å². The van der Waals surface area contributed by atoms with E-state index in [4.69, 9.17) is 15.0 Å². The van der Waals surface area contributed by atoms with E-state index >= 15 is 0 Å². The summed E-state index contributed by atoms with van der Waals surface area (Å²) in [7, 11) is 0. The lowest BCUT2D eigenvalue weighted by molar-refractivity contribution is 1.07. The van der Waals surface area contributed by atoms with E-state index in [-0.39, 0.29) is 0 Å². The number of rotatable bonds is 11. The molecule has 16 aromatic carbocycles. The number of aromatic nitrogens is 3. The van der Waals surface area contributed by atoms with E-state index < -0.39 is 0 Å². The van der Waals surface area contributed by atoms with Crippen LogP contribution in [0.2, 0.25) is 0 Å². The minimum atomic E-state index is 0.610. The Kier molecular flexibility index (Phi) is 13.8. The van der Waals surface area contributed by atoms with Crippen LogP contribution < -0.4 is 0 Å². The number of hydrogen-bond donors (Lipinski definition) is 0. The molecular formula is C91H63N3. The second-order valence-corrected chi connectivity index (χ2v) is 25.0. The molecule has 1 heterocycles. The fourth-order valence-electron chi connectivity index (χ4n) is 15.1. The Morgan fingerprint density at radius 3 is 0.734 bits per heavy atom. The third kappa shape index (κ3) is 9.30. The van der Waals surface area contributed by atoms with Gasteiger partial charge in [-0.1, -0.05) is 302 Å². The second kappa shape index (κ2) is 23.1. The molecule has 0 N–H and O–H groups in total. The molecule has 442 valence electrons. The van der Waals surface area contributed by atoms with Crippen LogP contribution in [0.1, 0.15) is 22.3 Å². The van der Waals surface area contributed by atoms with Gasteiger partial charge in [-0.15, -0.1) is 0 Å². The van der Waals surface area contributed by atoms with Crippen molar-refractivity contribution in [1.29, 1.82) is 0 Å². The highest BCUT2D eigenvalue weighted by Gasteiger charge is 2.32. The quantitative estimate of drug-likeness (QED) is 0.0957. The van der Waals surface area contributed by atoms with E-state index in [0.29, 0.717) is 17.5 Å². The summed E-state index contributed by atoms with van der Waals surface area (Å²) in [5, 5.41) is 12.1. The molecule has 0 spiro atoms. The molecule has 0 unspecified atom stereocenters. The second-order valence-electron chi connectivity index (χ2n) is 25.0. The van der Waals surface area contributed by atoms with Crippen LogP contribution in [0, 0.1) is 27.7 Å². The van der Waals surface area contributed by atoms with Crippen LogP contribution in [-0.2, 0) is 0 Å². The lowest BCUT2D eigenvalue weighted by Gasteiger charge is -2.29. The van der Waals surface area contributed by atoms with Crippen LogP contribution in [0.5, 0.6) is 0 Å². The van der Waals surface area contributed by atoms with E-state index in [9.17, 15) is 0 Å². The summed E-state index contributed by atoms with van der Waals surface area (Å²) in [6, 6.07) is 114. The molecular weight excluding hydrogens is 1140 g/mol. The van der Waals surface area contributed by atoms with Crippen molar-refractivity contribution in [3.63, 3.8) is 0 Å². The van der Waals surface area contributed by atoms with Crippen molar-refractivity contribution in [2.45, 2.75) is 27.7 Å². The predicted molar refractivity (Wildman–Crippen MR) is 397 cm³/mol. The number of benzene rings is 16. The van der Waals surface area contributed by atoms with Gasteiger partial charge in [0.25, 0.3) is 0 Å². The number of fused-ring (bicyclic) bond motifs is 6. The van der Waals surface area contributed by atoms with Crippen molar-refractivity contribution in [1.82, 2.24) is 15.0 Å². The van der Waals surface area contributed by atoms with Gasteiger partial charge in [0.2, 0.25) is 0 Å². The van der Waals surface area contributed by atoms with E-state index in [1.165, 1.54) is 81.7 Å². The summed E-state index contributed by atoms with van der Waals surface area (Å²) in [4.78, 5) is 16.2. The molecule has 3 heteroatoms. The summed E-state index contributed by atoms with van der Waals surface area (Å²) >= 11 is 0. The first kappa shape index (κ1) is 56.1. The first-order chi connectivity index (χ1) is 46.3. The van der Waals surface area contributed by atoms with Crippen LogP contribution in [0.4, 0.5) is 0 Å². The summed E-state index contributed by atoms with van der Waals surface area (Å²) in [5.74, 6) is 1.91. The monoisotopic (exact) mass is 1200 g/mol. The van der Waals surface area contributed by atoms with Crippen LogP contribution in [0.3, 0.4) is 0 Å². The first-order valence-electron chi connectivity index (χ1n) is 32.5. The highest BCUT2D eigenvalue weighted by molar-refractivity contribution is 6.46. The summed E-state index contributed by atoms with van der Waals surface area (Å²) in [6.07, 6.45) is 0. The summed E-state index contributed by atoms with van der Waals surface area (Å²) in [5.41, 5.74) is 25.9. The van der Waals surface area contributed by atoms with Gasteiger partial charge in [-0.2, -0.15) is 0 Å².